The van der Waals surface area contributed by atoms with Gasteiger partial charge in [-0.2, -0.15) is 5.26 Å². The lowest BCUT2D eigenvalue weighted by atomic mass is 10.0. The molecule has 174 valence electrons. The van der Waals surface area contributed by atoms with Crippen molar-refractivity contribution in [2.24, 2.45) is 0 Å². The molecule has 2 aromatic rings. The van der Waals surface area contributed by atoms with Crippen molar-refractivity contribution in [3.63, 3.8) is 0 Å². The second-order valence-corrected chi connectivity index (χ2v) is 9.30. The first kappa shape index (κ1) is 25.8. The van der Waals surface area contributed by atoms with E-state index in [1.807, 2.05) is 38.1 Å². The summed E-state index contributed by atoms with van der Waals surface area (Å²) in [5, 5.41) is 21.7. The zero-order chi connectivity index (χ0) is 24.4. The molecular weight excluding hydrogens is 442 g/mol. The fraction of sp³-hybridized carbons (Fsp3) is 0.391. The molecule has 33 heavy (non-hydrogen) atoms. The maximum Gasteiger partial charge on any atom is 0.243 e. The molecule has 0 spiro atoms. The molecule has 1 aromatic carbocycles. The molecule has 0 aliphatic heterocycles. The Labute approximate surface area is 196 Å². The quantitative estimate of drug-likeness (QED) is 0.349. The fourth-order valence-corrected chi connectivity index (χ4v) is 4.05. The van der Waals surface area contributed by atoms with Gasteiger partial charge in [0.1, 0.15) is 12.5 Å². The third kappa shape index (κ3) is 7.88. The predicted octanol–water partition coefficient (Wildman–Crippen LogP) is 2.26. The van der Waals surface area contributed by atoms with Crippen LogP contribution in [-0.2, 0) is 25.6 Å². The van der Waals surface area contributed by atoms with Crippen molar-refractivity contribution in [2.45, 2.75) is 56.9 Å². The lowest BCUT2D eigenvalue weighted by Crippen LogP contribution is -2.52. The van der Waals surface area contributed by atoms with Crippen LogP contribution in [0.4, 0.5) is 0 Å². The van der Waals surface area contributed by atoms with Crippen LogP contribution in [0.2, 0.25) is 0 Å². The first-order valence-corrected chi connectivity index (χ1v) is 11.4. The number of nitrogens with zero attached hydrogens (tertiary/aromatic N) is 1. The van der Waals surface area contributed by atoms with E-state index in [1.54, 1.807) is 12.3 Å². The van der Waals surface area contributed by atoms with Crippen LogP contribution in [0.25, 0.3) is 10.9 Å². The van der Waals surface area contributed by atoms with Gasteiger partial charge in [-0.1, -0.05) is 43.8 Å². The van der Waals surface area contributed by atoms with Crippen LogP contribution in [0.5, 0.6) is 0 Å². The van der Waals surface area contributed by atoms with Crippen LogP contribution in [0, 0.1) is 16.7 Å². The number of hydrogen-bond donors (Lipinski definition) is 4. The van der Waals surface area contributed by atoms with Gasteiger partial charge in [-0.05, 0) is 18.1 Å². The van der Waals surface area contributed by atoms with E-state index < -0.39 is 36.1 Å². The number of Topliss-reactive ketones (excluding diaryl/α,β-unsaturated/α-hetero) is 1. The summed E-state index contributed by atoms with van der Waals surface area (Å²) >= 11 is 1.05. The van der Waals surface area contributed by atoms with Crippen LogP contribution in [0.3, 0.4) is 0 Å². The highest BCUT2D eigenvalue weighted by Crippen LogP contribution is 2.20. The second-order valence-electron chi connectivity index (χ2n) is 7.71. The van der Waals surface area contributed by atoms with Gasteiger partial charge in [0, 0.05) is 35.2 Å². The molecule has 0 saturated heterocycles. The smallest absolute Gasteiger partial charge is 0.243 e. The summed E-state index contributed by atoms with van der Waals surface area (Å²) < 4.78 is 0. The summed E-state index contributed by atoms with van der Waals surface area (Å²) in [6.45, 7) is 3.68. The summed E-state index contributed by atoms with van der Waals surface area (Å²) in [4.78, 5) is 52.6. The average molecular weight is 470 g/mol. The van der Waals surface area contributed by atoms with Crippen LogP contribution < -0.4 is 10.6 Å². The van der Waals surface area contributed by atoms with Crippen molar-refractivity contribution in [3.8, 4) is 6.07 Å². The van der Waals surface area contributed by atoms with Gasteiger partial charge in [-0.15, -0.1) is 0 Å². The number of aromatic amines is 1. The monoisotopic (exact) mass is 469 g/mol. The van der Waals surface area contributed by atoms with Crippen molar-refractivity contribution in [2.75, 3.05) is 0 Å². The topological polar surface area (TPSA) is 156 Å². The third-order valence-corrected chi connectivity index (χ3v) is 5.77. The Morgan fingerprint density at radius 3 is 2.58 bits per heavy atom. The lowest BCUT2D eigenvalue weighted by Gasteiger charge is -2.23. The highest BCUT2D eigenvalue weighted by atomic mass is 32.2. The molecule has 0 fully saturated rings. The van der Waals surface area contributed by atoms with Crippen molar-refractivity contribution < 1.29 is 19.2 Å². The minimum absolute atomic E-state index is 0.0207. The molecule has 1 heterocycles. The van der Waals surface area contributed by atoms with E-state index in [0.717, 1.165) is 28.2 Å². The molecule has 1 aromatic heterocycles. The molecule has 0 unspecified atom stereocenters. The van der Waals surface area contributed by atoms with E-state index in [-0.39, 0.29) is 29.6 Å². The SMILES string of the molecule is CC(C)SC(=O)[C@H](CCC(=O)C=N)NC(=O)[C@H](Cc1c[nH]c2ccccc12)NC(=O)CC#N. The highest BCUT2D eigenvalue weighted by Gasteiger charge is 2.28. The molecule has 0 bridgehead atoms. The van der Waals surface area contributed by atoms with E-state index in [2.05, 4.69) is 15.6 Å². The van der Waals surface area contributed by atoms with E-state index in [0.29, 0.717) is 6.21 Å². The zero-order valence-corrected chi connectivity index (χ0v) is 19.3. The van der Waals surface area contributed by atoms with E-state index in [9.17, 15) is 19.2 Å². The first-order chi connectivity index (χ1) is 15.7. The Bertz CT molecular complexity index is 1070. The Morgan fingerprint density at radius 1 is 1.18 bits per heavy atom. The predicted molar refractivity (Wildman–Crippen MR) is 127 cm³/mol. The summed E-state index contributed by atoms with van der Waals surface area (Å²) in [5.41, 5.74) is 1.67. The number of fused-ring (bicyclic) bond motifs is 1. The maximum absolute atomic E-state index is 13.1. The Hall–Kier alpha value is -3.45. The summed E-state index contributed by atoms with van der Waals surface area (Å²) in [6, 6.07) is 7.29. The number of aromatic nitrogens is 1. The van der Waals surface area contributed by atoms with Crippen molar-refractivity contribution in [1.29, 1.82) is 10.7 Å². The fourth-order valence-electron chi connectivity index (χ4n) is 3.24. The zero-order valence-electron chi connectivity index (χ0n) is 18.5. The van der Waals surface area contributed by atoms with Crippen molar-refractivity contribution in [3.05, 3.63) is 36.0 Å². The molecule has 9 nitrogen and oxygen atoms in total. The molecule has 0 aliphatic carbocycles. The minimum Gasteiger partial charge on any atom is -0.361 e. The van der Waals surface area contributed by atoms with Crippen LogP contribution >= 0.6 is 11.8 Å². The highest BCUT2D eigenvalue weighted by molar-refractivity contribution is 8.14. The number of hydrogen-bond acceptors (Lipinski definition) is 7. The van der Waals surface area contributed by atoms with Gasteiger partial charge in [0.25, 0.3) is 0 Å². The Morgan fingerprint density at radius 2 is 1.91 bits per heavy atom. The Kier molecular flexibility index (Phi) is 9.82. The van der Waals surface area contributed by atoms with Gasteiger partial charge in [0.2, 0.25) is 16.9 Å². The lowest BCUT2D eigenvalue weighted by molar-refractivity contribution is -0.130. The largest absolute Gasteiger partial charge is 0.361 e. The number of ketones is 1. The number of rotatable bonds is 12. The van der Waals surface area contributed by atoms with Gasteiger partial charge >= 0.3 is 0 Å². The van der Waals surface area contributed by atoms with E-state index >= 15 is 0 Å². The molecule has 10 heteroatoms. The molecule has 2 atom stereocenters. The third-order valence-electron chi connectivity index (χ3n) is 4.78. The minimum atomic E-state index is -1.03. The van der Waals surface area contributed by atoms with Crippen LogP contribution in [0.15, 0.2) is 30.5 Å². The maximum atomic E-state index is 13.1. The standard InChI is InChI=1S/C23H27N5O4S/c1-14(2)33-23(32)19(8-7-16(29)12-25)28-22(31)20(27-21(30)9-10-24)11-15-13-26-18-6-4-3-5-17(15)18/h3-6,12-14,19-20,25-26H,7-9,11H2,1-2H3,(H,27,30)(H,28,31)/t19-,20-/m0/s1. The summed E-state index contributed by atoms with van der Waals surface area (Å²) in [5.74, 6) is -1.64. The molecule has 4 N–H and O–H groups in total. The van der Waals surface area contributed by atoms with E-state index in [1.165, 1.54) is 0 Å². The molecule has 2 rings (SSSR count). The number of para-hydroxylation sites is 1. The molecular formula is C23H27N5O4S. The molecule has 2 amide bonds. The number of benzene rings is 1. The summed E-state index contributed by atoms with van der Waals surface area (Å²) in [6.07, 6.45) is 2.15. The second kappa shape index (κ2) is 12.6. The number of thioether (sulfide) groups is 1. The van der Waals surface area contributed by atoms with Crippen molar-refractivity contribution >= 4 is 51.6 Å². The normalized spacial score (nSPS) is 12.5. The molecule has 0 aliphatic rings. The average Bonchev–Trinajstić information content (AvgIpc) is 3.18. The molecule has 0 radical (unpaired) electrons. The Balaban J connectivity index is 2.24. The first-order valence-electron chi connectivity index (χ1n) is 10.5. The molecule has 0 saturated carbocycles. The van der Waals surface area contributed by atoms with Gasteiger partial charge in [0.15, 0.2) is 5.78 Å². The van der Waals surface area contributed by atoms with Gasteiger partial charge in [0.05, 0.1) is 18.3 Å². The van der Waals surface area contributed by atoms with Crippen LogP contribution in [-0.4, -0.2) is 51.2 Å². The number of carbonyl (C=O) groups is 4. The van der Waals surface area contributed by atoms with Gasteiger partial charge in [-0.3, -0.25) is 19.2 Å². The number of amides is 2. The van der Waals surface area contributed by atoms with Gasteiger partial charge in [-0.25, -0.2) is 0 Å². The van der Waals surface area contributed by atoms with Crippen LogP contribution in [0.1, 0.15) is 38.7 Å². The number of carbonyl (C=O) groups excluding carboxylic acids is 4. The summed E-state index contributed by atoms with van der Waals surface area (Å²) in [7, 11) is 0. The van der Waals surface area contributed by atoms with Crippen molar-refractivity contribution in [1.82, 2.24) is 15.6 Å². The number of nitriles is 1. The number of H-pyrrole nitrogens is 1. The number of nitrogens with one attached hydrogen (secondary N) is 4. The van der Waals surface area contributed by atoms with E-state index in [4.69, 9.17) is 10.7 Å². The van der Waals surface area contributed by atoms with Gasteiger partial charge < -0.3 is 21.0 Å².